The van der Waals surface area contributed by atoms with E-state index in [-0.39, 0.29) is 0 Å². The lowest BCUT2D eigenvalue weighted by atomic mass is 10.1. The van der Waals surface area contributed by atoms with E-state index in [2.05, 4.69) is 48.6 Å². The smallest absolute Gasteiger partial charge is 0.162 e. The summed E-state index contributed by atoms with van der Waals surface area (Å²) in [5, 5.41) is 0. The van der Waals surface area contributed by atoms with Gasteiger partial charge in [-0.15, -0.1) is 0 Å². The van der Waals surface area contributed by atoms with Crippen LogP contribution in [0, 0.1) is 0 Å². The van der Waals surface area contributed by atoms with Crippen molar-refractivity contribution in [1.82, 2.24) is 0 Å². The maximum absolute atomic E-state index is 6.20. The number of hydrogen-bond donors (Lipinski definition) is 0. The highest BCUT2D eigenvalue weighted by Gasteiger charge is 2.13. The van der Waals surface area contributed by atoms with E-state index < -0.39 is 0 Å². The maximum Gasteiger partial charge on any atom is 0.162 e. The van der Waals surface area contributed by atoms with Gasteiger partial charge in [0.25, 0.3) is 0 Å². The largest absolute Gasteiger partial charge is 0.485 e. The van der Waals surface area contributed by atoms with Crippen molar-refractivity contribution in [1.29, 1.82) is 0 Å². The van der Waals surface area contributed by atoms with E-state index in [4.69, 9.17) is 18.9 Å². The van der Waals surface area contributed by atoms with Crippen LogP contribution in [-0.2, 0) is 22.7 Å². The molecule has 190 valence electrons. The molecular formula is C32H38O4. The van der Waals surface area contributed by atoms with Crippen LogP contribution < -0.4 is 9.47 Å². The van der Waals surface area contributed by atoms with Crippen molar-refractivity contribution in [3.05, 3.63) is 102 Å². The Hall–Kier alpha value is -3.08. The Labute approximate surface area is 215 Å². The second kappa shape index (κ2) is 15.1. The molecule has 0 spiro atoms. The molecule has 3 aromatic carbocycles. The highest BCUT2D eigenvalue weighted by Crippen LogP contribution is 2.30. The van der Waals surface area contributed by atoms with Crippen LogP contribution in [0.4, 0.5) is 0 Å². The van der Waals surface area contributed by atoms with Gasteiger partial charge in [0.15, 0.2) is 11.5 Å². The van der Waals surface area contributed by atoms with E-state index >= 15 is 0 Å². The minimum atomic E-state index is 0.302. The molecule has 0 amide bonds. The minimum absolute atomic E-state index is 0.302. The molecule has 0 aromatic heterocycles. The number of benzene rings is 3. The third-order valence-electron chi connectivity index (χ3n) is 6.28. The van der Waals surface area contributed by atoms with Gasteiger partial charge in [-0.25, -0.2) is 0 Å². The molecule has 1 aliphatic rings. The standard InChI is InChI=1S/C32H38O4/c1(2-4-12-18-30-26-33-21-22-34-30)3-7-13-27-19-20-31(35-24-28-14-8-5-9-15-28)32(23-27)36-25-29-16-10-6-11-17-29/h5-11,13-17,19-20,23,30H,1-4,12,18,21-22,24-26H2. The van der Waals surface area contributed by atoms with E-state index in [0.29, 0.717) is 19.3 Å². The highest BCUT2D eigenvalue weighted by molar-refractivity contribution is 5.56. The van der Waals surface area contributed by atoms with Gasteiger partial charge in [0, 0.05) is 0 Å². The fraction of sp³-hybridized carbons (Fsp3) is 0.375. The molecule has 36 heavy (non-hydrogen) atoms. The Morgan fingerprint density at radius 1 is 0.722 bits per heavy atom. The first-order chi connectivity index (χ1) is 17.9. The number of hydrogen-bond acceptors (Lipinski definition) is 4. The Kier molecular flexibility index (Phi) is 10.9. The highest BCUT2D eigenvalue weighted by atomic mass is 16.6. The number of unbranched alkanes of at least 4 members (excludes halogenated alkanes) is 4. The molecule has 4 rings (SSSR count). The summed E-state index contributed by atoms with van der Waals surface area (Å²) < 4.78 is 23.5. The monoisotopic (exact) mass is 486 g/mol. The van der Waals surface area contributed by atoms with Crippen molar-refractivity contribution in [3.63, 3.8) is 0 Å². The van der Waals surface area contributed by atoms with Gasteiger partial charge in [0.2, 0.25) is 0 Å². The number of allylic oxidation sites excluding steroid dienone is 1. The zero-order valence-electron chi connectivity index (χ0n) is 21.1. The molecule has 1 aliphatic heterocycles. The second-order valence-corrected chi connectivity index (χ2v) is 9.22. The molecule has 4 nitrogen and oxygen atoms in total. The Bertz CT molecular complexity index is 1030. The third-order valence-corrected chi connectivity index (χ3v) is 6.28. The fourth-order valence-electron chi connectivity index (χ4n) is 4.24. The van der Waals surface area contributed by atoms with Crippen LogP contribution in [0.2, 0.25) is 0 Å². The van der Waals surface area contributed by atoms with Gasteiger partial charge in [0.1, 0.15) is 13.2 Å². The SMILES string of the molecule is C(=Cc1ccc(OCc2ccccc2)c(OCc2ccccc2)c1)CCCCCCC1COCCO1. The first kappa shape index (κ1) is 26.0. The van der Waals surface area contributed by atoms with Crippen molar-refractivity contribution in [3.8, 4) is 11.5 Å². The van der Waals surface area contributed by atoms with Gasteiger partial charge in [0.05, 0.1) is 25.9 Å². The molecule has 0 bridgehead atoms. The molecule has 1 heterocycles. The molecule has 0 radical (unpaired) electrons. The molecule has 0 saturated carbocycles. The van der Waals surface area contributed by atoms with E-state index in [9.17, 15) is 0 Å². The van der Waals surface area contributed by atoms with Gasteiger partial charge >= 0.3 is 0 Å². The zero-order valence-corrected chi connectivity index (χ0v) is 21.1. The zero-order chi connectivity index (χ0) is 24.7. The van der Waals surface area contributed by atoms with Crippen LogP contribution in [0.1, 0.15) is 55.2 Å². The lowest BCUT2D eigenvalue weighted by Gasteiger charge is -2.22. The summed E-state index contributed by atoms with van der Waals surface area (Å²) in [5.74, 6) is 1.53. The van der Waals surface area contributed by atoms with Crippen LogP contribution in [0.15, 0.2) is 84.9 Å². The Morgan fingerprint density at radius 2 is 1.42 bits per heavy atom. The average molecular weight is 487 g/mol. The summed E-state index contributed by atoms with van der Waals surface area (Å²) in [6.45, 7) is 3.27. The van der Waals surface area contributed by atoms with Crippen molar-refractivity contribution >= 4 is 6.08 Å². The Balaban J connectivity index is 1.26. The minimum Gasteiger partial charge on any atom is -0.485 e. The van der Waals surface area contributed by atoms with Crippen LogP contribution in [0.25, 0.3) is 6.08 Å². The van der Waals surface area contributed by atoms with Gasteiger partial charge in [-0.05, 0) is 48.1 Å². The second-order valence-electron chi connectivity index (χ2n) is 9.22. The molecular weight excluding hydrogens is 448 g/mol. The Morgan fingerprint density at radius 3 is 2.11 bits per heavy atom. The summed E-state index contributed by atoms with van der Waals surface area (Å²) >= 11 is 0. The molecule has 3 aromatic rings. The molecule has 0 aliphatic carbocycles. The van der Waals surface area contributed by atoms with Crippen LogP contribution >= 0.6 is 0 Å². The van der Waals surface area contributed by atoms with Crippen LogP contribution in [0.5, 0.6) is 11.5 Å². The van der Waals surface area contributed by atoms with Gasteiger partial charge in [-0.2, -0.15) is 0 Å². The molecule has 1 atom stereocenters. The lowest BCUT2D eigenvalue weighted by Crippen LogP contribution is -2.28. The van der Waals surface area contributed by atoms with E-state index in [1.807, 2.05) is 42.5 Å². The fourth-order valence-corrected chi connectivity index (χ4v) is 4.24. The molecule has 0 N–H and O–H groups in total. The van der Waals surface area contributed by atoms with Crippen molar-refractivity contribution in [2.24, 2.45) is 0 Å². The normalized spacial score (nSPS) is 15.7. The van der Waals surface area contributed by atoms with Crippen molar-refractivity contribution in [2.75, 3.05) is 19.8 Å². The predicted octanol–water partition coefficient (Wildman–Crippen LogP) is 7.61. The maximum atomic E-state index is 6.20. The molecule has 4 heteroatoms. The van der Waals surface area contributed by atoms with Gasteiger partial charge in [-0.1, -0.05) is 98.1 Å². The summed E-state index contributed by atoms with van der Waals surface area (Å²) in [4.78, 5) is 0. The first-order valence-corrected chi connectivity index (χ1v) is 13.2. The van der Waals surface area contributed by atoms with Crippen molar-refractivity contribution < 1.29 is 18.9 Å². The van der Waals surface area contributed by atoms with Crippen molar-refractivity contribution in [2.45, 2.75) is 57.8 Å². The van der Waals surface area contributed by atoms with Crippen LogP contribution in [0.3, 0.4) is 0 Å². The van der Waals surface area contributed by atoms with Crippen LogP contribution in [-0.4, -0.2) is 25.9 Å². The number of rotatable bonds is 14. The van der Waals surface area contributed by atoms with E-state index in [1.54, 1.807) is 0 Å². The summed E-state index contributed by atoms with van der Waals surface area (Å²) in [6.07, 6.45) is 11.8. The van der Waals surface area contributed by atoms with E-state index in [0.717, 1.165) is 60.9 Å². The summed E-state index contributed by atoms with van der Waals surface area (Å²) in [6, 6.07) is 26.6. The molecule has 1 fully saturated rings. The topological polar surface area (TPSA) is 36.9 Å². The van der Waals surface area contributed by atoms with E-state index in [1.165, 1.54) is 25.7 Å². The van der Waals surface area contributed by atoms with Gasteiger partial charge < -0.3 is 18.9 Å². The first-order valence-electron chi connectivity index (χ1n) is 13.2. The third kappa shape index (κ3) is 9.18. The quantitative estimate of drug-likeness (QED) is 0.220. The van der Waals surface area contributed by atoms with Gasteiger partial charge in [-0.3, -0.25) is 0 Å². The number of ether oxygens (including phenoxy) is 4. The summed E-state index contributed by atoms with van der Waals surface area (Å²) in [5.41, 5.74) is 3.39. The summed E-state index contributed by atoms with van der Waals surface area (Å²) in [7, 11) is 0. The average Bonchev–Trinajstić information content (AvgIpc) is 2.94. The molecule has 1 unspecified atom stereocenters. The predicted molar refractivity (Wildman–Crippen MR) is 145 cm³/mol. The lowest BCUT2D eigenvalue weighted by molar-refractivity contribution is -0.0912. The molecule has 1 saturated heterocycles.